The predicted octanol–water partition coefficient (Wildman–Crippen LogP) is 1.87. The van der Waals surface area contributed by atoms with Crippen molar-refractivity contribution in [3.63, 3.8) is 0 Å². The molecule has 18 heavy (non-hydrogen) atoms. The number of nitrogens with zero attached hydrogens (tertiary/aromatic N) is 3. The first-order chi connectivity index (χ1) is 8.52. The van der Waals surface area contributed by atoms with Crippen LogP contribution in [0.1, 0.15) is 38.5 Å². The molecule has 1 fully saturated rings. The third-order valence-electron chi connectivity index (χ3n) is 3.78. The van der Waals surface area contributed by atoms with Gasteiger partial charge in [0.05, 0.1) is 6.07 Å². The van der Waals surface area contributed by atoms with Gasteiger partial charge in [0.25, 0.3) is 0 Å². The second-order valence-corrected chi connectivity index (χ2v) is 5.64. The summed E-state index contributed by atoms with van der Waals surface area (Å²) in [5, 5.41) is 9.37. The average Bonchev–Trinajstić information content (AvgIpc) is 2.38. The molecule has 1 aliphatic carbocycles. The Morgan fingerprint density at radius 2 is 1.78 bits per heavy atom. The Morgan fingerprint density at radius 3 is 2.28 bits per heavy atom. The summed E-state index contributed by atoms with van der Waals surface area (Å²) in [6, 6.07) is 2.30. The first-order valence-electron chi connectivity index (χ1n) is 6.83. The van der Waals surface area contributed by atoms with Crippen LogP contribution >= 0.6 is 0 Å². The first-order valence-corrected chi connectivity index (χ1v) is 6.83. The molecule has 1 saturated carbocycles. The molecule has 1 aliphatic rings. The molecule has 0 bridgehead atoms. The smallest absolute Gasteiger partial charge is 0.242 e. The Morgan fingerprint density at radius 1 is 1.17 bits per heavy atom. The number of carbonyl (C=O) groups excluding carboxylic acids is 1. The van der Waals surface area contributed by atoms with Crippen molar-refractivity contribution in [2.24, 2.45) is 5.41 Å². The molecule has 0 aromatic rings. The van der Waals surface area contributed by atoms with Gasteiger partial charge in [-0.3, -0.25) is 4.79 Å². The van der Waals surface area contributed by atoms with E-state index in [1.165, 1.54) is 0 Å². The summed E-state index contributed by atoms with van der Waals surface area (Å²) in [5.74, 6) is 0.0310. The van der Waals surface area contributed by atoms with Gasteiger partial charge in [-0.1, -0.05) is 19.3 Å². The lowest BCUT2D eigenvalue weighted by Crippen LogP contribution is -2.43. The van der Waals surface area contributed by atoms with E-state index in [1.807, 2.05) is 21.1 Å². The van der Waals surface area contributed by atoms with Crippen molar-refractivity contribution in [1.82, 2.24) is 9.80 Å². The summed E-state index contributed by atoms with van der Waals surface area (Å²) in [4.78, 5) is 16.3. The van der Waals surface area contributed by atoms with E-state index in [4.69, 9.17) is 0 Å². The lowest BCUT2D eigenvalue weighted by molar-refractivity contribution is -0.139. The van der Waals surface area contributed by atoms with Crippen LogP contribution in [0.25, 0.3) is 0 Å². The molecule has 0 aromatic heterocycles. The molecule has 1 rings (SSSR count). The van der Waals surface area contributed by atoms with Crippen molar-refractivity contribution >= 4 is 5.91 Å². The second kappa shape index (κ2) is 6.75. The minimum atomic E-state index is -0.731. The highest BCUT2D eigenvalue weighted by Gasteiger charge is 2.41. The maximum atomic E-state index is 12.4. The highest BCUT2D eigenvalue weighted by Crippen LogP contribution is 2.37. The van der Waals surface area contributed by atoms with Gasteiger partial charge < -0.3 is 9.80 Å². The van der Waals surface area contributed by atoms with E-state index in [1.54, 1.807) is 4.90 Å². The number of hydrogen-bond acceptors (Lipinski definition) is 3. The second-order valence-electron chi connectivity index (χ2n) is 5.64. The van der Waals surface area contributed by atoms with Crippen LogP contribution in [-0.2, 0) is 4.79 Å². The normalized spacial score (nSPS) is 18.4. The van der Waals surface area contributed by atoms with Crippen LogP contribution in [0, 0.1) is 16.7 Å². The molecule has 0 aromatic carbocycles. The molecule has 4 heteroatoms. The molecule has 0 N–H and O–H groups in total. The largest absolute Gasteiger partial charge is 0.344 e. The zero-order valence-corrected chi connectivity index (χ0v) is 11.9. The minimum absolute atomic E-state index is 0.0310. The van der Waals surface area contributed by atoms with E-state index in [9.17, 15) is 10.1 Å². The maximum absolute atomic E-state index is 12.4. The van der Waals surface area contributed by atoms with Crippen LogP contribution in [0.5, 0.6) is 0 Å². The highest BCUT2D eigenvalue weighted by atomic mass is 16.2. The van der Waals surface area contributed by atoms with Gasteiger partial charge in [0, 0.05) is 13.6 Å². The highest BCUT2D eigenvalue weighted by molar-refractivity contribution is 5.85. The maximum Gasteiger partial charge on any atom is 0.242 e. The fraction of sp³-hybridized carbons (Fsp3) is 0.857. The monoisotopic (exact) mass is 251 g/mol. The molecule has 0 saturated heterocycles. The molecular formula is C14H25N3O. The van der Waals surface area contributed by atoms with Gasteiger partial charge in [-0.25, -0.2) is 0 Å². The Hall–Kier alpha value is -1.08. The molecule has 0 unspecified atom stereocenters. The number of rotatable bonds is 5. The summed E-state index contributed by atoms with van der Waals surface area (Å²) in [6.45, 7) is 1.71. The van der Waals surface area contributed by atoms with Crippen molar-refractivity contribution in [3.8, 4) is 6.07 Å². The Balaban J connectivity index is 2.53. The summed E-state index contributed by atoms with van der Waals surface area (Å²) < 4.78 is 0. The van der Waals surface area contributed by atoms with Crippen LogP contribution in [0.4, 0.5) is 0 Å². The molecule has 0 radical (unpaired) electrons. The van der Waals surface area contributed by atoms with Crippen molar-refractivity contribution in [2.75, 3.05) is 34.2 Å². The standard InChI is InChI=1S/C14H25N3O/c1-16(2)10-7-11-17(3)13(18)14(12-15)8-5-4-6-9-14/h4-11H2,1-3H3. The van der Waals surface area contributed by atoms with Gasteiger partial charge in [0.1, 0.15) is 5.41 Å². The van der Waals surface area contributed by atoms with Gasteiger partial charge >= 0.3 is 0 Å². The zero-order chi connectivity index (χ0) is 13.6. The fourth-order valence-corrected chi connectivity index (χ4v) is 2.62. The molecule has 1 amide bonds. The summed E-state index contributed by atoms with van der Waals surface area (Å²) in [7, 11) is 5.88. The molecule has 4 nitrogen and oxygen atoms in total. The summed E-state index contributed by atoms with van der Waals surface area (Å²) in [5.41, 5.74) is -0.731. The number of hydrogen-bond donors (Lipinski definition) is 0. The fourth-order valence-electron chi connectivity index (χ4n) is 2.62. The zero-order valence-electron chi connectivity index (χ0n) is 11.9. The quantitative estimate of drug-likeness (QED) is 0.749. The first kappa shape index (κ1) is 15.0. The topological polar surface area (TPSA) is 47.3 Å². The van der Waals surface area contributed by atoms with Crippen LogP contribution in [-0.4, -0.2) is 49.9 Å². The van der Waals surface area contributed by atoms with Gasteiger partial charge in [0.2, 0.25) is 5.91 Å². The third kappa shape index (κ3) is 3.71. The number of amides is 1. The molecule has 0 spiro atoms. The molecule has 102 valence electrons. The van der Waals surface area contributed by atoms with E-state index in [0.717, 1.165) is 51.6 Å². The van der Waals surface area contributed by atoms with E-state index < -0.39 is 5.41 Å². The summed E-state index contributed by atoms with van der Waals surface area (Å²) in [6.07, 6.45) is 5.59. The molecule has 0 heterocycles. The Bertz CT molecular complexity index is 313. The van der Waals surface area contributed by atoms with Crippen molar-refractivity contribution < 1.29 is 4.79 Å². The Kier molecular flexibility index (Phi) is 5.61. The Labute approximate surface area is 111 Å². The summed E-state index contributed by atoms with van der Waals surface area (Å²) >= 11 is 0. The average molecular weight is 251 g/mol. The predicted molar refractivity (Wildman–Crippen MR) is 71.9 cm³/mol. The van der Waals surface area contributed by atoms with Crippen LogP contribution in [0.15, 0.2) is 0 Å². The van der Waals surface area contributed by atoms with Crippen LogP contribution < -0.4 is 0 Å². The lowest BCUT2D eigenvalue weighted by atomic mass is 9.74. The van der Waals surface area contributed by atoms with E-state index in [-0.39, 0.29) is 5.91 Å². The van der Waals surface area contributed by atoms with Crippen molar-refractivity contribution in [2.45, 2.75) is 38.5 Å². The molecular weight excluding hydrogens is 226 g/mol. The van der Waals surface area contributed by atoms with Crippen LogP contribution in [0.3, 0.4) is 0 Å². The van der Waals surface area contributed by atoms with E-state index >= 15 is 0 Å². The molecule has 0 atom stereocenters. The van der Waals surface area contributed by atoms with E-state index in [0.29, 0.717) is 0 Å². The van der Waals surface area contributed by atoms with Gasteiger partial charge in [-0.05, 0) is 39.9 Å². The van der Waals surface area contributed by atoms with Gasteiger partial charge in [-0.2, -0.15) is 5.26 Å². The van der Waals surface area contributed by atoms with Gasteiger partial charge in [-0.15, -0.1) is 0 Å². The number of nitriles is 1. The lowest BCUT2D eigenvalue weighted by Gasteiger charge is -2.33. The number of carbonyl (C=O) groups is 1. The van der Waals surface area contributed by atoms with E-state index in [2.05, 4.69) is 11.0 Å². The van der Waals surface area contributed by atoms with Crippen molar-refractivity contribution in [1.29, 1.82) is 5.26 Å². The van der Waals surface area contributed by atoms with Crippen LogP contribution in [0.2, 0.25) is 0 Å². The third-order valence-corrected chi connectivity index (χ3v) is 3.78. The minimum Gasteiger partial charge on any atom is -0.344 e. The van der Waals surface area contributed by atoms with Gasteiger partial charge in [0.15, 0.2) is 0 Å². The molecule has 0 aliphatic heterocycles. The SMILES string of the molecule is CN(C)CCCN(C)C(=O)C1(C#N)CCCCC1. The van der Waals surface area contributed by atoms with Crippen molar-refractivity contribution in [3.05, 3.63) is 0 Å².